The van der Waals surface area contributed by atoms with Crippen molar-refractivity contribution in [3.8, 4) is 0 Å². The van der Waals surface area contributed by atoms with Gasteiger partial charge in [0.2, 0.25) is 5.91 Å². The van der Waals surface area contributed by atoms with E-state index in [2.05, 4.69) is 5.32 Å². The van der Waals surface area contributed by atoms with E-state index < -0.39 is 0 Å². The molecule has 1 aliphatic heterocycles. The number of ketones is 1. The summed E-state index contributed by atoms with van der Waals surface area (Å²) < 4.78 is 0. The van der Waals surface area contributed by atoms with Gasteiger partial charge in [-0.15, -0.1) is 0 Å². The summed E-state index contributed by atoms with van der Waals surface area (Å²) >= 11 is 0. The van der Waals surface area contributed by atoms with Crippen LogP contribution in [0.5, 0.6) is 0 Å². The van der Waals surface area contributed by atoms with Gasteiger partial charge in [0.05, 0.1) is 0 Å². The zero-order valence-electron chi connectivity index (χ0n) is 5.31. The van der Waals surface area contributed by atoms with Crippen molar-refractivity contribution in [1.29, 1.82) is 0 Å². The quantitative estimate of drug-likeness (QED) is 0.524. The number of carbonyl (C=O) groups is 2. The first-order chi connectivity index (χ1) is 4.18. The van der Waals surface area contributed by atoms with Gasteiger partial charge in [0.1, 0.15) is 5.78 Å². The van der Waals surface area contributed by atoms with E-state index in [1.807, 2.05) is 0 Å². The molecule has 0 bridgehead atoms. The maximum atomic E-state index is 10.4. The third kappa shape index (κ3) is 1.52. The van der Waals surface area contributed by atoms with E-state index in [9.17, 15) is 9.59 Å². The molecule has 0 radical (unpaired) electrons. The first-order valence-corrected chi connectivity index (χ1v) is 2.97. The smallest absolute Gasteiger partial charge is 0.222 e. The van der Waals surface area contributed by atoms with Crippen LogP contribution >= 0.6 is 0 Å². The highest BCUT2D eigenvalue weighted by molar-refractivity contribution is 5.86. The number of Topliss-reactive ketones (excluding diaryl/α,β-unsaturated/α-hetero) is 1. The molecule has 0 aromatic rings. The average molecular weight is 127 g/mol. The topological polar surface area (TPSA) is 46.2 Å². The van der Waals surface area contributed by atoms with Crippen LogP contribution in [0.2, 0.25) is 0 Å². The van der Waals surface area contributed by atoms with Crippen molar-refractivity contribution in [1.82, 2.24) is 5.32 Å². The van der Waals surface area contributed by atoms with Crippen molar-refractivity contribution in [3.63, 3.8) is 0 Å². The molecular weight excluding hydrogens is 118 g/mol. The molecule has 0 aromatic heterocycles. The first kappa shape index (κ1) is 6.26. The largest absolute Gasteiger partial charge is 0.352 e. The molecule has 1 saturated heterocycles. The summed E-state index contributed by atoms with van der Waals surface area (Å²) in [5.41, 5.74) is 0. The van der Waals surface area contributed by atoms with Crippen molar-refractivity contribution in [2.75, 3.05) is 0 Å². The Labute approximate surface area is 53.4 Å². The summed E-state index contributed by atoms with van der Waals surface area (Å²) in [6.45, 7) is 1.53. The summed E-state index contributed by atoms with van der Waals surface area (Å²) in [6.07, 6.45) is 1.02. The lowest BCUT2D eigenvalue weighted by Crippen LogP contribution is -2.49. The normalized spacial score (nSPS) is 24.6. The second-order valence-electron chi connectivity index (χ2n) is 2.37. The van der Waals surface area contributed by atoms with Crippen LogP contribution in [-0.2, 0) is 9.59 Å². The molecule has 1 fully saturated rings. The number of hydrogen-bond donors (Lipinski definition) is 1. The molecule has 3 nitrogen and oxygen atoms in total. The minimum absolute atomic E-state index is 0.0567. The van der Waals surface area contributed by atoms with Gasteiger partial charge in [0, 0.05) is 18.9 Å². The molecule has 0 spiro atoms. The SMILES string of the molecule is CC(=O)C[C@@H]1CC(=O)N1. The highest BCUT2D eigenvalue weighted by Crippen LogP contribution is 2.07. The van der Waals surface area contributed by atoms with Crippen molar-refractivity contribution >= 4 is 11.7 Å². The van der Waals surface area contributed by atoms with Gasteiger partial charge in [0.25, 0.3) is 0 Å². The summed E-state index contributed by atoms with van der Waals surface area (Å²) in [5.74, 6) is 0.196. The molecule has 0 aliphatic carbocycles. The second kappa shape index (κ2) is 2.17. The maximum absolute atomic E-state index is 10.4. The van der Waals surface area contributed by atoms with Crippen LogP contribution in [0.25, 0.3) is 0 Å². The average Bonchev–Trinajstić information content (AvgIpc) is 1.60. The molecule has 0 unspecified atom stereocenters. The maximum Gasteiger partial charge on any atom is 0.222 e. The van der Waals surface area contributed by atoms with Crippen LogP contribution in [0.15, 0.2) is 0 Å². The van der Waals surface area contributed by atoms with Gasteiger partial charge in [-0.2, -0.15) is 0 Å². The minimum atomic E-state index is 0.0567. The van der Waals surface area contributed by atoms with Gasteiger partial charge in [-0.1, -0.05) is 0 Å². The molecule has 50 valence electrons. The van der Waals surface area contributed by atoms with Gasteiger partial charge >= 0.3 is 0 Å². The van der Waals surface area contributed by atoms with E-state index in [-0.39, 0.29) is 17.7 Å². The van der Waals surface area contributed by atoms with Crippen LogP contribution in [-0.4, -0.2) is 17.7 Å². The fourth-order valence-corrected chi connectivity index (χ4v) is 0.901. The molecule has 1 N–H and O–H groups in total. The van der Waals surface area contributed by atoms with E-state index >= 15 is 0 Å². The lowest BCUT2D eigenvalue weighted by atomic mass is 10.0. The zero-order chi connectivity index (χ0) is 6.85. The molecule has 3 heteroatoms. The molecule has 1 heterocycles. The standard InChI is InChI=1S/C6H9NO2/c1-4(8)2-5-3-6(9)7-5/h5H,2-3H2,1H3,(H,7,9)/t5-/m1/s1. The number of hydrogen-bond acceptors (Lipinski definition) is 2. The number of β-lactam (4-membered cyclic amide) rings is 1. The van der Waals surface area contributed by atoms with Crippen LogP contribution in [0.1, 0.15) is 19.8 Å². The molecule has 1 rings (SSSR count). The van der Waals surface area contributed by atoms with Crippen LogP contribution in [0.3, 0.4) is 0 Å². The van der Waals surface area contributed by atoms with Crippen molar-refractivity contribution < 1.29 is 9.59 Å². The van der Waals surface area contributed by atoms with Crippen molar-refractivity contribution in [2.24, 2.45) is 0 Å². The van der Waals surface area contributed by atoms with Crippen LogP contribution in [0.4, 0.5) is 0 Å². The van der Waals surface area contributed by atoms with E-state index in [1.54, 1.807) is 0 Å². The minimum Gasteiger partial charge on any atom is -0.352 e. The Morgan fingerprint density at radius 2 is 2.44 bits per heavy atom. The monoisotopic (exact) mass is 127 g/mol. The summed E-state index contributed by atoms with van der Waals surface area (Å²) in [7, 11) is 0. The Morgan fingerprint density at radius 3 is 2.78 bits per heavy atom. The van der Waals surface area contributed by atoms with Gasteiger partial charge < -0.3 is 5.32 Å². The Balaban J connectivity index is 2.18. The van der Waals surface area contributed by atoms with Gasteiger partial charge in [0.15, 0.2) is 0 Å². The van der Waals surface area contributed by atoms with E-state index in [4.69, 9.17) is 0 Å². The highest BCUT2D eigenvalue weighted by Gasteiger charge is 2.25. The predicted octanol–water partition coefficient (Wildman–Crippen LogP) is -0.146. The van der Waals surface area contributed by atoms with Gasteiger partial charge in [-0.05, 0) is 6.92 Å². The lowest BCUT2D eigenvalue weighted by Gasteiger charge is -2.25. The number of rotatable bonds is 2. The lowest BCUT2D eigenvalue weighted by molar-refractivity contribution is -0.129. The predicted molar refractivity (Wildman–Crippen MR) is 31.8 cm³/mol. The fraction of sp³-hybridized carbons (Fsp3) is 0.667. The summed E-state index contributed by atoms with van der Waals surface area (Å²) in [5, 5.41) is 2.61. The number of nitrogens with one attached hydrogen (secondary N) is 1. The van der Waals surface area contributed by atoms with Crippen LogP contribution in [0, 0.1) is 0 Å². The summed E-state index contributed by atoms with van der Waals surface area (Å²) in [4.78, 5) is 20.7. The molecule has 1 atom stereocenters. The van der Waals surface area contributed by atoms with Gasteiger partial charge in [-0.25, -0.2) is 0 Å². The first-order valence-electron chi connectivity index (χ1n) is 2.97. The fourth-order valence-electron chi connectivity index (χ4n) is 0.901. The molecule has 0 aromatic carbocycles. The van der Waals surface area contributed by atoms with Crippen LogP contribution < -0.4 is 5.32 Å². The molecule has 0 saturated carbocycles. The number of carbonyl (C=O) groups excluding carboxylic acids is 2. The third-order valence-electron chi connectivity index (χ3n) is 1.33. The van der Waals surface area contributed by atoms with E-state index in [0.717, 1.165) is 0 Å². The number of amides is 1. The Hall–Kier alpha value is -0.860. The van der Waals surface area contributed by atoms with E-state index in [1.165, 1.54) is 6.92 Å². The molecule has 1 aliphatic rings. The van der Waals surface area contributed by atoms with Crippen molar-refractivity contribution in [3.05, 3.63) is 0 Å². The van der Waals surface area contributed by atoms with E-state index in [0.29, 0.717) is 12.8 Å². The van der Waals surface area contributed by atoms with Gasteiger partial charge in [-0.3, -0.25) is 9.59 Å². The summed E-state index contributed by atoms with van der Waals surface area (Å²) in [6, 6.07) is 0.134. The Kier molecular flexibility index (Phi) is 1.51. The molecule has 1 amide bonds. The highest BCUT2D eigenvalue weighted by atomic mass is 16.2. The Bertz CT molecular complexity index is 145. The van der Waals surface area contributed by atoms with Crippen molar-refractivity contribution in [2.45, 2.75) is 25.8 Å². The second-order valence-corrected chi connectivity index (χ2v) is 2.37. The Morgan fingerprint density at radius 1 is 1.89 bits per heavy atom. The zero-order valence-corrected chi connectivity index (χ0v) is 5.31. The molecular formula is C6H9NO2. The molecule has 9 heavy (non-hydrogen) atoms. The third-order valence-corrected chi connectivity index (χ3v) is 1.33.